The molecule has 27 heavy (non-hydrogen) atoms. The molecule has 1 aromatic heterocycles. The van der Waals surface area contributed by atoms with Gasteiger partial charge >= 0.3 is 5.97 Å². The molecular formula is C17H19N3O6S. The predicted molar refractivity (Wildman–Crippen MR) is 98.0 cm³/mol. The van der Waals surface area contributed by atoms with E-state index in [4.69, 9.17) is 9.26 Å². The Bertz CT molecular complexity index is 932. The lowest BCUT2D eigenvalue weighted by molar-refractivity contribution is -0.146. The van der Waals surface area contributed by atoms with E-state index in [1.165, 1.54) is 12.1 Å². The molecule has 0 fully saturated rings. The van der Waals surface area contributed by atoms with Crippen molar-refractivity contribution in [2.24, 2.45) is 0 Å². The molecule has 0 spiro atoms. The van der Waals surface area contributed by atoms with Crippen molar-refractivity contribution in [2.75, 3.05) is 18.5 Å². The van der Waals surface area contributed by atoms with Crippen LogP contribution in [0.5, 0.6) is 0 Å². The number of nitrogens with zero attached hydrogens (tertiary/aromatic N) is 1. The van der Waals surface area contributed by atoms with Crippen LogP contribution in [0.1, 0.15) is 16.9 Å². The molecule has 0 saturated heterocycles. The van der Waals surface area contributed by atoms with Gasteiger partial charge in [0.1, 0.15) is 12.3 Å². The first kappa shape index (κ1) is 20.3. The molecule has 0 aliphatic carbocycles. The minimum Gasteiger partial charge on any atom is -0.455 e. The number of aromatic nitrogens is 1. The number of benzene rings is 1. The van der Waals surface area contributed by atoms with Crippen LogP contribution in [0.4, 0.5) is 5.82 Å². The monoisotopic (exact) mass is 393 g/mol. The number of aryl methyl sites for hydroxylation is 2. The summed E-state index contributed by atoms with van der Waals surface area (Å²) in [6.45, 7) is 2.40. The summed E-state index contributed by atoms with van der Waals surface area (Å²) in [5.74, 6) is -0.821. The van der Waals surface area contributed by atoms with Crippen LogP contribution in [0.3, 0.4) is 0 Å². The van der Waals surface area contributed by atoms with Crippen LogP contribution in [-0.2, 0) is 24.3 Å². The van der Waals surface area contributed by atoms with Gasteiger partial charge in [0.25, 0.3) is 5.91 Å². The summed E-state index contributed by atoms with van der Waals surface area (Å²) in [6.07, 6.45) is 1.40. The summed E-state index contributed by atoms with van der Waals surface area (Å²) in [5.41, 5.74) is 1.76. The molecule has 0 saturated carbocycles. The highest BCUT2D eigenvalue weighted by atomic mass is 32.2. The zero-order chi connectivity index (χ0) is 19.9. The summed E-state index contributed by atoms with van der Waals surface area (Å²) in [7, 11) is -3.82. The van der Waals surface area contributed by atoms with E-state index in [1.54, 1.807) is 19.1 Å². The van der Waals surface area contributed by atoms with Crippen LogP contribution in [0.25, 0.3) is 6.08 Å². The standard InChI is InChI=1S/C17H19N3O6S/c1-12-3-5-14(6-4-12)7-8-27(23,24)18-10-17(22)25-11-16(21)19-15-9-13(2)26-20-15/h3-9,18H,10-11H2,1-2H3,(H,19,20,21). The van der Waals surface area contributed by atoms with Crippen LogP contribution >= 0.6 is 0 Å². The zero-order valence-electron chi connectivity index (χ0n) is 14.8. The van der Waals surface area contributed by atoms with Gasteiger partial charge in [0.05, 0.1) is 0 Å². The Hall–Kier alpha value is -2.98. The Balaban J connectivity index is 1.74. The summed E-state index contributed by atoms with van der Waals surface area (Å²) >= 11 is 0. The predicted octanol–water partition coefficient (Wildman–Crippen LogP) is 1.36. The van der Waals surface area contributed by atoms with Crippen LogP contribution < -0.4 is 10.0 Å². The van der Waals surface area contributed by atoms with E-state index in [0.29, 0.717) is 11.3 Å². The van der Waals surface area contributed by atoms with Crippen molar-refractivity contribution in [1.29, 1.82) is 0 Å². The minimum absolute atomic E-state index is 0.190. The molecule has 1 amide bonds. The van der Waals surface area contributed by atoms with Gasteiger partial charge < -0.3 is 14.6 Å². The van der Waals surface area contributed by atoms with Crippen molar-refractivity contribution in [1.82, 2.24) is 9.88 Å². The number of hydrogen-bond donors (Lipinski definition) is 2. The number of ether oxygens (including phenoxy) is 1. The molecule has 0 aliphatic rings. The fourth-order valence-corrected chi connectivity index (χ4v) is 2.61. The van der Waals surface area contributed by atoms with E-state index >= 15 is 0 Å². The normalized spacial score (nSPS) is 11.5. The maximum Gasteiger partial charge on any atom is 0.321 e. The average Bonchev–Trinajstić information content (AvgIpc) is 3.02. The molecule has 2 rings (SSSR count). The molecule has 1 heterocycles. The van der Waals surface area contributed by atoms with Crippen molar-refractivity contribution < 1.29 is 27.3 Å². The largest absolute Gasteiger partial charge is 0.455 e. The summed E-state index contributed by atoms with van der Waals surface area (Å²) in [6, 6.07) is 8.73. The van der Waals surface area contributed by atoms with Gasteiger partial charge in [-0.05, 0) is 25.5 Å². The number of rotatable bonds is 8. The van der Waals surface area contributed by atoms with Crippen molar-refractivity contribution in [3.05, 3.63) is 52.6 Å². The number of carbonyl (C=O) groups is 2. The Labute approximate surface area is 156 Å². The fourth-order valence-electron chi connectivity index (χ4n) is 1.85. The Kier molecular flexibility index (Phi) is 6.85. The molecule has 0 aliphatic heterocycles. The highest BCUT2D eigenvalue weighted by Gasteiger charge is 2.12. The number of sulfonamides is 1. The highest BCUT2D eigenvalue weighted by Crippen LogP contribution is 2.07. The van der Waals surface area contributed by atoms with E-state index in [1.807, 2.05) is 19.1 Å². The van der Waals surface area contributed by atoms with E-state index in [2.05, 4.69) is 15.2 Å². The second kappa shape index (κ2) is 9.10. The van der Waals surface area contributed by atoms with Gasteiger partial charge in [-0.15, -0.1) is 0 Å². The topological polar surface area (TPSA) is 128 Å². The van der Waals surface area contributed by atoms with E-state index in [9.17, 15) is 18.0 Å². The van der Waals surface area contributed by atoms with Gasteiger partial charge in [-0.1, -0.05) is 35.0 Å². The lowest BCUT2D eigenvalue weighted by Crippen LogP contribution is -2.31. The lowest BCUT2D eigenvalue weighted by Gasteiger charge is -2.05. The first-order valence-corrected chi connectivity index (χ1v) is 9.41. The molecule has 0 atom stereocenters. The molecule has 144 valence electrons. The Morgan fingerprint density at radius 2 is 1.93 bits per heavy atom. The Morgan fingerprint density at radius 1 is 1.22 bits per heavy atom. The molecule has 2 N–H and O–H groups in total. The van der Waals surface area contributed by atoms with Gasteiger partial charge in [-0.2, -0.15) is 0 Å². The number of amides is 1. The number of anilines is 1. The highest BCUT2D eigenvalue weighted by molar-refractivity contribution is 7.92. The van der Waals surface area contributed by atoms with E-state index in [0.717, 1.165) is 11.0 Å². The maximum atomic E-state index is 11.9. The first-order valence-electron chi connectivity index (χ1n) is 7.87. The van der Waals surface area contributed by atoms with Crippen molar-refractivity contribution in [3.8, 4) is 0 Å². The van der Waals surface area contributed by atoms with Crippen LogP contribution in [0.15, 0.2) is 40.3 Å². The fraction of sp³-hybridized carbons (Fsp3) is 0.235. The van der Waals surface area contributed by atoms with Crippen LogP contribution in [-0.4, -0.2) is 38.6 Å². The number of nitrogens with one attached hydrogen (secondary N) is 2. The number of carbonyl (C=O) groups excluding carboxylic acids is 2. The minimum atomic E-state index is -3.82. The summed E-state index contributed by atoms with van der Waals surface area (Å²) < 4.78 is 35.2. The third kappa shape index (κ3) is 7.42. The maximum absolute atomic E-state index is 11.9. The summed E-state index contributed by atoms with van der Waals surface area (Å²) in [4.78, 5) is 23.2. The third-order valence-corrected chi connectivity index (χ3v) is 4.24. The molecule has 0 bridgehead atoms. The van der Waals surface area contributed by atoms with Crippen LogP contribution in [0.2, 0.25) is 0 Å². The van der Waals surface area contributed by atoms with Crippen molar-refractivity contribution in [3.63, 3.8) is 0 Å². The first-order chi connectivity index (χ1) is 12.7. The quantitative estimate of drug-likeness (QED) is 0.648. The van der Waals surface area contributed by atoms with Crippen LogP contribution in [0, 0.1) is 13.8 Å². The molecule has 0 unspecified atom stereocenters. The average molecular weight is 393 g/mol. The zero-order valence-corrected chi connectivity index (χ0v) is 15.6. The van der Waals surface area contributed by atoms with Gasteiger partial charge in [-0.3, -0.25) is 9.59 Å². The second-order valence-corrected chi connectivity index (χ2v) is 7.26. The number of esters is 1. The van der Waals surface area contributed by atoms with Crippen molar-refractivity contribution in [2.45, 2.75) is 13.8 Å². The molecule has 1 aromatic carbocycles. The number of hydrogen-bond acceptors (Lipinski definition) is 7. The summed E-state index contributed by atoms with van der Waals surface area (Å²) in [5, 5.41) is 6.87. The van der Waals surface area contributed by atoms with Gasteiger partial charge in [0, 0.05) is 11.5 Å². The van der Waals surface area contributed by atoms with E-state index < -0.39 is 35.1 Å². The molecule has 2 aromatic rings. The molecule has 9 nitrogen and oxygen atoms in total. The van der Waals surface area contributed by atoms with Gasteiger partial charge in [-0.25, -0.2) is 13.1 Å². The van der Waals surface area contributed by atoms with Gasteiger partial charge in [0.2, 0.25) is 10.0 Å². The SMILES string of the molecule is Cc1ccc(C=CS(=O)(=O)NCC(=O)OCC(=O)Nc2cc(C)on2)cc1. The molecule has 0 radical (unpaired) electrons. The Morgan fingerprint density at radius 3 is 2.56 bits per heavy atom. The lowest BCUT2D eigenvalue weighted by atomic mass is 10.2. The second-order valence-electron chi connectivity index (χ2n) is 5.61. The smallest absolute Gasteiger partial charge is 0.321 e. The third-order valence-electron chi connectivity index (χ3n) is 3.19. The van der Waals surface area contributed by atoms with Gasteiger partial charge in [0.15, 0.2) is 12.4 Å². The van der Waals surface area contributed by atoms with Crippen molar-refractivity contribution >= 4 is 33.8 Å². The molecular weight excluding hydrogens is 374 g/mol. The van der Waals surface area contributed by atoms with E-state index in [-0.39, 0.29) is 5.82 Å². The molecule has 10 heteroatoms.